The van der Waals surface area contributed by atoms with E-state index in [1.54, 1.807) is 18.2 Å². The second kappa shape index (κ2) is 10.8. The van der Waals surface area contributed by atoms with E-state index in [4.69, 9.17) is 19.6 Å². The van der Waals surface area contributed by atoms with Gasteiger partial charge in [0.15, 0.2) is 0 Å². The molecule has 3 aromatic carbocycles. The van der Waals surface area contributed by atoms with Gasteiger partial charge in [0.1, 0.15) is 11.5 Å². The van der Waals surface area contributed by atoms with Gasteiger partial charge >= 0.3 is 17.2 Å². The topological polar surface area (TPSA) is 131 Å². The van der Waals surface area contributed by atoms with Crippen LogP contribution >= 0.6 is 17.2 Å². The third kappa shape index (κ3) is 6.73. The average Bonchev–Trinajstić information content (AvgIpc) is 2.68. The second-order valence-electron chi connectivity index (χ2n) is 6.86. The highest BCUT2D eigenvalue weighted by Gasteiger charge is 2.24. The van der Waals surface area contributed by atoms with Gasteiger partial charge in [0.25, 0.3) is 0 Å². The Morgan fingerprint density at radius 1 is 0.700 bits per heavy atom. The van der Waals surface area contributed by atoms with Crippen molar-refractivity contribution in [2.75, 3.05) is 0 Å². The van der Waals surface area contributed by atoms with Crippen LogP contribution in [0.2, 0.25) is 0 Å². The maximum Gasteiger partial charge on any atom is 0.334 e. The Hall–Kier alpha value is -2.08. The number of benzene rings is 3. The van der Waals surface area contributed by atoms with Crippen molar-refractivity contribution in [3.05, 3.63) is 83.9 Å². The van der Waals surface area contributed by atoms with Crippen molar-refractivity contribution in [3.63, 3.8) is 0 Å². The summed E-state index contributed by atoms with van der Waals surface area (Å²) in [4.78, 5) is 31.3. The highest BCUT2D eigenvalue weighted by atomic mass is 31.2. The maximum absolute atomic E-state index is 10.2. The van der Waals surface area contributed by atoms with E-state index >= 15 is 0 Å². The van der Waals surface area contributed by atoms with E-state index in [0.717, 1.165) is 22.3 Å². The number of hydrogen-bond acceptors (Lipinski definition) is 7. The zero-order valence-corrected chi connectivity index (χ0v) is 18.2. The Balaban J connectivity index is 0.000000396. The summed E-state index contributed by atoms with van der Waals surface area (Å²) < 4.78 is 3.60. The molecule has 0 spiro atoms. The van der Waals surface area contributed by atoms with Gasteiger partial charge in [-0.2, -0.15) is 0 Å². The molecule has 9 heteroatoms. The molecule has 0 heterocycles. The molecule has 0 atom stereocenters. The van der Waals surface area contributed by atoms with E-state index < -0.39 is 17.2 Å². The van der Waals surface area contributed by atoms with Gasteiger partial charge in [0.2, 0.25) is 0 Å². The Morgan fingerprint density at radius 3 is 1.73 bits per heavy atom. The summed E-state index contributed by atoms with van der Waals surface area (Å²) in [7, 11) is -5.22. The average molecular weight is 450 g/mol. The summed E-state index contributed by atoms with van der Waals surface area (Å²) in [6, 6.07) is 22.9. The summed E-state index contributed by atoms with van der Waals surface area (Å²) in [5.74, 6) is 0.543. The third-order valence-corrected chi connectivity index (χ3v) is 5.71. The SMILES string of the molecule is CC(C)(c1ccc(O)cc1)c1ccc(O)c(-c2ccccc2)c1.OP(O)OP(O)O. The molecule has 7 nitrogen and oxygen atoms in total. The summed E-state index contributed by atoms with van der Waals surface area (Å²) in [6.45, 7) is 4.28. The molecule has 0 aromatic heterocycles. The Bertz CT molecular complexity index is 924. The molecule has 160 valence electrons. The highest BCUT2D eigenvalue weighted by molar-refractivity contribution is 7.53. The predicted octanol–water partition coefficient (Wildman–Crippen LogP) is 4.52. The zero-order valence-electron chi connectivity index (χ0n) is 16.4. The van der Waals surface area contributed by atoms with Gasteiger partial charge in [-0.25, -0.2) is 4.31 Å². The fraction of sp³-hybridized carbons (Fsp3) is 0.143. The van der Waals surface area contributed by atoms with Gasteiger partial charge in [-0.05, 0) is 41.0 Å². The number of hydrogen-bond donors (Lipinski definition) is 6. The van der Waals surface area contributed by atoms with Gasteiger partial charge in [-0.1, -0.05) is 62.4 Å². The first-order valence-electron chi connectivity index (χ1n) is 8.83. The van der Waals surface area contributed by atoms with E-state index in [0.29, 0.717) is 0 Å². The lowest BCUT2D eigenvalue weighted by atomic mass is 9.77. The zero-order chi connectivity index (χ0) is 22.3. The molecule has 0 saturated heterocycles. The van der Waals surface area contributed by atoms with Crippen molar-refractivity contribution in [2.45, 2.75) is 19.3 Å². The lowest BCUT2D eigenvalue weighted by molar-refractivity contribution is 0.324. The van der Waals surface area contributed by atoms with E-state index in [1.165, 1.54) is 0 Å². The molecular formula is C21H24O7P2. The van der Waals surface area contributed by atoms with Crippen LogP contribution in [0.3, 0.4) is 0 Å². The minimum atomic E-state index is -2.61. The Morgan fingerprint density at radius 2 is 1.23 bits per heavy atom. The van der Waals surface area contributed by atoms with Crippen LogP contribution in [0.4, 0.5) is 0 Å². The number of phenolic OH excluding ortho intramolecular Hbond substituents is 2. The van der Waals surface area contributed by atoms with Crippen LogP contribution in [0.15, 0.2) is 72.8 Å². The largest absolute Gasteiger partial charge is 0.508 e. The molecule has 0 aliphatic rings. The molecule has 0 aliphatic heterocycles. The summed E-state index contributed by atoms with van der Waals surface area (Å²) in [5, 5.41) is 19.7. The molecule has 0 bridgehead atoms. The normalized spacial score (nSPS) is 11.3. The smallest absolute Gasteiger partial charge is 0.334 e. The van der Waals surface area contributed by atoms with Crippen LogP contribution in [-0.4, -0.2) is 29.8 Å². The fourth-order valence-corrected chi connectivity index (χ4v) is 3.41. The van der Waals surface area contributed by atoms with Crippen molar-refractivity contribution >= 4 is 17.2 Å². The van der Waals surface area contributed by atoms with Crippen molar-refractivity contribution in [1.29, 1.82) is 0 Å². The maximum atomic E-state index is 10.2. The number of phenols is 2. The summed E-state index contributed by atoms with van der Waals surface area (Å²) in [6.07, 6.45) is 0. The molecule has 3 aromatic rings. The minimum absolute atomic E-state index is 0.231. The number of aromatic hydroxyl groups is 2. The van der Waals surface area contributed by atoms with Crippen LogP contribution in [0.1, 0.15) is 25.0 Å². The van der Waals surface area contributed by atoms with Gasteiger partial charge in [-0.3, -0.25) is 0 Å². The third-order valence-electron chi connectivity index (χ3n) is 4.54. The van der Waals surface area contributed by atoms with Crippen LogP contribution in [0.5, 0.6) is 11.5 Å². The van der Waals surface area contributed by atoms with E-state index in [9.17, 15) is 10.2 Å². The van der Waals surface area contributed by atoms with Crippen molar-refractivity contribution in [3.8, 4) is 22.6 Å². The first-order chi connectivity index (χ1) is 14.1. The van der Waals surface area contributed by atoms with Gasteiger partial charge in [0, 0.05) is 11.0 Å². The van der Waals surface area contributed by atoms with Crippen molar-refractivity contribution < 1.29 is 34.1 Å². The quantitative estimate of drug-likeness (QED) is 0.315. The monoisotopic (exact) mass is 450 g/mol. The summed E-state index contributed by atoms with van der Waals surface area (Å²) >= 11 is 0. The Labute approximate surface area is 177 Å². The van der Waals surface area contributed by atoms with Crippen LogP contribution in [0.25, 0.3) is 11.1 Å². The molecule has 0 saturated carbocycles. The highest BCUT2D eigenvalue weighted by Crippen LogP contribution is 2.41. The molecule has 3 rings (SSSR count). The van der Waals surface area contributed by atoms with Gasteiger partial charge in [-0.15, -0.1) is 0 Å². The fourth-order valence-electron chi connectivity index (χ4n) is 2.88. The molecule has 0 fully saturated rings. The summed E-state index contributed by atoms with van der Waals surface area (Å²) in [5.41, 5.74) is 3.81. The minimum Gasteiger partial charge on any atom is -0.508 e. The molecular weight excluding hydrogens is 426 g/mol. The molecule has 0 amide bonds. The molecule has 0 unspecified atom stereocenters. The molecule has 6 N–H and O–H groups in total. The molecule has 0 aliphatic carbocycles. The Kier molecular flexibility index (Phi) is 8.71. The lowest BCUT2D eigenvalue weighted by Crippen LogP contribution is -2.18. The van der Waals surface area contributed by atoms with E-state index in [-0.39, 0.29) is 16.9 Å². The van der Waals surface area contributed by atoms with Gasteiger partial charge < -0.3 is 29.8 Å². The molecule has 0 radical (unpaired) electrons. The van der Waals surface area contributed by atoms with Crippen molar-refractivity contribution in [2.24, 2.45) is 0 Å². The first-order valence-corrected chi connectivity index (χ1v) is 11.2. The van der Waals surface area contributed by atoms with Crippen LogP contribution < -0.4 is 0 Å². The second-order valence-corrected chi connectivity index (χ2v) is 8.52. The van der Waals surface area contributed by atoms with E-state index in [1.807, 2.05) is 54.6 Å². The molecule has 30 heavy (non-hydrogen) atoms. The van der Waals surface area contributed by atoms with Gasteiger partial charge in [0.05, 0.1) is 0 Å². The first kappa shape index (κ1) is 24.2. The van der Waals surface area contributed by atoms with E-state index in [2.05, 4.69) is 18.2 Å². The lowest BCUT2D eigenvalue weighted by Gasteiger charge is -2.27. The van der Waals surface area contributed by atoms with Crippen molar-refractivity contribution in [1.82, 2.24) is 0 Å². The van der Waals surface area contributed by atoms with Crippen LogP contribution in [-0.2, 0) is 9.73 Å². The number of rotatable bonds is 5. The van der Waals surface area contributed by atoms with Crippen LogP contribution in [0, 0.1) is 0 Å². The predicted molar refractivity (Wildman–Crippen MR) is 118 cm³/mol. The standard InChI is InChI=1S/C21H20O2.H4O5P2/c1-21(2,16-8-11-18(22)12-9-16)17-10-13-20(23)19(14-17)15-6-4-3-5-7-15;1-6(2)5-7(3)4/h3-14,22-23H,1-2H3;1-4H.